The number of nitrogens with zero attached hydrogens (tertiary/aromatic N) is 2. The lowest BCUT2D eigenvalue weighted by atomic mass is 10.1. The van der Waals surface area contributed by atoms with Crippen LogP contribution in [-0.2, 0) is 26.2 Å². The van der Waals surface area contributed by atoms with Crippen LogP contribution in [0.15, 0.2) is 83.8 Å². The summed E-state index contributed by atoms with van der Waals surface area (Å²) in [6.45, 7) is 6.92. The van der Waals surface area contributed by atoms with Gasteiger partial charge >= 0.3 is 0 Å². The molecule has 0 heterocycles. The number of carbonyl (C=O) groups is 2. The van der Waals surface area contributed by atoms with E-state index in [9.17, 15) is 18.0 Å². The summed E-state index contributed by atoms with van der Waals surface area (Å²) in [6.07, 6.45) is 0.730. The van der Waals surface area contributed by atoms with E-state index in [-0.39, 0.29) is 23.4 Å². The zero-order valence-electron chi connectivity index (χ0n) is 22.1. The number of nitrogens with one attached hydrogen (secondary N) is 1. The molecule has 38 heavy (non-hydrogen) atoms. The van der Waals surface area contributed by atoms with E-state index in [0.717, 1.165) is 16.3 Å². The average Bonchev–Trinajstić information content (AvgIpc) is 2.91. The van der Waals surface area contributed by atoms with E-state index in [1.807, 2.05) is 20.8 Å². The van der Waals surface area contributed by atoms with E-state index in [2.05, 4.69) is 5.32 Å². The minimum atomic E-state index is -4.09. The number of carbonyl (C=O) groups excluding carboxylic acids is 2. The number of benzene rings is 3. The molecule has 1 N–H and O–H groups in total. The molecule has 0 aliphatic carbocycles. The smallest absolute Gasteiger partial charge is 0.264 e. The molecule has 0 aromatic heterocycles. The molecule has 0 unspecified atom stereocenters. The Morgan fingerprint density at radius 3 is 2.13 bits per heavy atom. The fourth-order valence-electron chi connectivity index (χ4n) is 3.82. The van der Waals surface area contributed by atoms with E-state index in [4.69, 9.17) is 11.6 Å². The van der Waals surface area contributed by atoms with Gasteiger partial charge in [0.05, 0.1) is 10.6 Å². The van der Waals surface area contributed by atoms with Crippen molar-refractivity contribution in [3.05, 3.63) is 95.0 Å². The Labute approximate surface area is 230 Å². The summed E-state index contributed by atoms with van der Waals surface area (Å²) in [7, 11) is -4.09. The normalized spacial score (nSPS) is 12.9. The summed E-state index contributed by atoms with van der Waals surface area (Å²) in [5.74, 6) is -0.857. The first kappa shape index (κ1) is 29.2. The van der Waals surface area contributed by atoms with Crippen molar-refractivity contribution in [1.82, 2.24) is 10.2 Å². The maximum absolute atomic E-state index is 13.9. The van der Waals surface area contributed by atoms with Crippen molar-refractivity contribution in [3.63, 3.8) is 0 Å². The summed E-state index contributed by atoms with van der Waals surface area (Å²) in [4.78, 5) is 28.4. The molecule has 0 radical (unpaired) electrons. The third kappa shape index (κ3) is 7.14. The maximum Gasteiger partial charge on any atom is 0.264 e. The molecule has 0 saturated carbocycles. The van der Waals surface area contributed by atoms with Crippen LogP contribution >= 0.6 is 11.6 Å². The summed E-state index contributed by atoms with van der Waals surface area (Å²) in [5.41, 5.74) is 1.95. The maximum atomic E-state index is 13.9. The van der Waals surface area contributed by atoms with Crippen LogP contribution in [0.4, 0.5) is 5.69 Å². The highest BCUT2D eigenvalue weighted by Gasteiger charge is 2.33. The number of amides is 2. The molecule has 0 fully saturated rings. The molecule has 0 bridgehead atoms. The lowest BCUT2D eigenvalue weighted by molar-refractivity contribution is -0.139. The van der Waals surface area contributed by atoms with Crippen molar-refractivity contribution in [3.8, 4) is 0 Å². The molecule has 2 atom stereocenters. The molecule has 9 heteroatoms. The highest BCUT2D eigenvalue weighted by Crippen LogP contribution is 2.25. The van der Waals surface area contributed by atoms with Gasteiger partial charge in [-0.3, -0.25) is 13.9 Å². The number of halogens is 1. The zero-order chi connectivity index (χ0) is 27.9. The molecule has 0 saturated heterocycles. The molecule has 2 amide bonds. The van der Waals surface area contributed by atoms with Crippen LogP contribution in [0, 0.1) is 6.92 Å². The molecule has 202 valence electrons. The monoisotopic (exact) mass is 555 g/mol. The topological polar surface area (TPSA) is 86.8 Å². The third-order valence-electron chi connectivity index (χ3n) is 6.40. The predicted octanol–water partition coefficient (Wildman–Crippen LogP) is 5.18. The predicted molar refractivity (Wildman–Crippen MR) is 152 cm³/mol. The van der Waals surface area contributed by atoms with Gasteiger partial charge < -0.3 is 10.2 Å². The van der Waals surface area contributed by atoms with Crippen molar-refractivity contribution in [2.24, 2.45) is 0 Å². The highest BCUT2D eigenvalue weighted by molar-refractivity contribution is 7.92. The van der Waals surface area contributed by atoms with E-state index >= 15 is 0 Å². The Morgan fingerprint density at radius 2 is 1.53 bits per heavy atom. The first-order valence-electron chi connectivity index (χ1n) is 12.5. The molecular formula is C29H34ClN3O4S. The van der Waals surface area contributed by atoms with Gasteiger partial charge in [0, 0.05) is 17.6 Å². The summed E-state index contributed by atoms with van der Waals surface area (Å²) >= 11 is 6.39. The SMILES string of the molecule is CC[C@H](C)NC(=O)[C@H](C)N(Cc1ccccc1Cl)C(=O)CN(c1ccc(C)cc1)S(=O)(=O)c1ccccc1. The van der Waals surface area contributed by atoms with E-state index in [1.54, 1.807) is 73.7 Å². The Morgan fingerprint density at radius 1 is 0.921 bits per heavy atom. The second-order valence-corrected chi connectivity index (χ2v) is 11.5. The lowest BCUT2D eigenvalue weighted by Gasteiger charge is -2.32. The van der Waals surface area contributed by atoms with Gasteiger partial charge in [0.15, 0.2) is 0 Å². The number of hydrogen-bond acceptors (Lipinski definition) is 4. The van der Waals surface area contributed by atoms with Crippen LogP contribution in [0.1, 0.15) is 38.3 Å². The van der Waals surface area contributed by atoms with E-state index < -0.39 is 28.5 Å². The number of sulfonamides is 1. The van der Waals surface area contributed by atoms with Gasteiger partial charge in [0.25, 0.3) is 10.0 Å². The van der Waals surface area contributed by atoms with Crippen molar-refractivity contribution in [2.75, 3.05) is 10.8 Å². The summed E-state index contributed by atoms with van der Waals surface area (Å²) in [5, 5.41) is 3.37. The van der Waals surface area contributed by atoms with Crippen LogP contribution in [-0.4, -0.2) is 43.8 Å². The van der Waals surface area contributed by atoms with Crippen LogP contribution in [0.5, 0.6) is 0 Å². The Kier molecular flexibility index (Phi) is 9.94. The fraction of sp³-hybridized carbons (Fsp3) is 0.310. The molecular weight excluding hydrogens is 522 g/mol. The van der Waals surface area contributed by atoms with Crippen molar-refractivity contribution < 1.29 is 18.0 Å². The average molecular weight is 556 g/mol. The van der Waals surface area contributed by atoms with Gasteiger partial charge in [-0.25, -0.2) is 8.42 Å². The molecule has 7 nitrogen and oxygen atoms in total. The number of hydrogen-bond donors (Lipinski definition) is 1. The molecule has 3 aromatic carbocycles. The first-order valence-corrected chi connectivity index (χ1v) is 14.3. The zero-order valence-corrected chi connectivity index (χ0v) is 23.7. The van der Waals surface area contributed by atoms with Gasteiger partial charge in [-0.05, 0) is 63.1 Å². The minimum Gasteiger partial charge on any atom is -0.352 e. The van der Waals surface area contributed by atoms with Crippen molar-refractivity contribution in [1.29, 1.82) is 0 Å². The molecule has 0 aliphatic rings. The highest BCUT2D eigenvalue weighted by atomic mass is 35.5. The second-order valence-electron chi connectivity index (χ2n) is 9.27. The number of aryl methyl sites for hydroxylation is 1. The number of rotatable bonds is 11. The van der Waals surface area contributed by atoms with Gasteiger partial charge in [-0.1, -0.05) is 72.6 Å². The lowest BCUT2D eigenvalue weighted by Crippen LogP contribution is -2.52. The number of anilines is 1. The largest absolute Gasteiger partial charge is 0.352 e. The van der Waals surface area contributed by atoms with E-state index in [1.165, 1.54) is 17.0 Å². The summed E-state index contributed by atoms with van der Waals surface area (Å²) in [6, 6.07) is 21.0. The van der Waals surface area contributed by atoms with Crippen LogP contribution in [0.2, 0.25) is 5.02 Å². The van der Waals surface area contributed by atoms with Crippen LogP contribution in [0.3, 0.4) is 0 Å². The summed E-state index contributed by atoms with van der Waals surface area (Å²) < 4.78 is 28.5. The van der Waals surface area contributed by atoms with Gasteiger partial charge in [-0.2, -0.15) is 0 Å². The van der Waals surface area contributed by atoms with Gasteiger partial charge in [0.2, 0.25) is 11.8 Å². The van der Waals surface area contributed by atoms with Crippen molar-refractivity contribution >= 4 is 39.1 Å². The van der Waals surface area contributed by atoms with Gasteiger partial charge in [0.1, 0.15) is 12.6 Å². The molecule has 3 aromatic rings. The Balaban J connectivity index is 2.02. The van der Waals surface area contributed by atoms with E-state index in [0.29, 0.717) is 16.3 Å². The third-order valence-corrected chi connectivity index (χ3v) is 8.56. The van der Waals surface area contributed by atoms with Gasteiger partial charge in [-0.15, -0.1) is 0 Å². The fourth-order valence-corrected chi connectivity index (χ4v) is 5.45. The van der Waals surface area contributed by atoms with Crippen LogP contribution in [0.25, 0.3) is 0 Å². The molecule has 3 rings (SSSR count). The second kappa shape index (κ2) is 12.9. The quantitative estimate of drug-likeness (QED) is 0.353. The van der Waals surface area contributed by atoms with Crippen molar-refractivity contribution in [2.45, 2.75) is 57.6 Å². The Hall–Kier alpha value is -3.36. The standard InChI is InChI=1S/C29H34ClN3O4S/c1-5-22(3)31-29(35)23(4)32(19-24-11-9-10-14-27(24)30)28(34)20-33(25-17-15-21(2)16-18-25)38(36,37)26-12-7-6-8-13-26/h6-18,22-23H,5,19-20H2,1-4H3,(H,31,35)/t22-,23-/m0/s1. The molecule has 0 spiro atoms. The minimum absolute atomic E-state index is 0.0424. The van der Waals surface area contributed by atoms with Crippen LogP contribution < -0.4 is 9.62 Å². The Bertz CT molecular complexity index is 1350. The molecule has 0 aliphatic heterocycles. The first-order chi connectivity index (χ1) is 18.0.